The van der Waals surface area contributed by atoms with Gasteiger partial charge in [-0.05, 0) is 49.7 Å². The smallest absolute Gasteiger partial charge is 0.110 e. The lowest BCUT2D eigenvalue weighted by Gasteiger charge is -2.18. The van der Waals surface area contributed by atoms with Crippen LogP contribution in [-0.4, -0.2) is 18.0 Å². The van der Waals surface area contributed by atoms with Crippen LogP contribution in [0.3, 0.4) is 0 Å². The third-order valence-electron chi connectivity index (χ3n) is 3.83. The second-order valence-electron chi connectivity index (χ2n) is 5.37. The first-order chi connectivity index (χ1) is 10.3. The molecule has 1 fully saturated rings. The number of hydrogen-bond donors (Lipinski definition) is 1. The Balaban J connectivity index is 1.65. The van der Waals surface area contributed by atoms with E-state index < -0.39 is 0 Å². The van der Waals surface area contributed by atoms with Crippen LogP contribution < -0.4 is 5.32 Å². The highest BCUT2D eigenvalue weighted by Crippen LogP contribution is 2.22. The first-order valence-electron chi connectivity index (χ1n) is 7.38. The molecular formula is C17H19N3S. The Morgan fingerprint density at radius 3 is 2.71 bits per heavy atom. The van der Waals surface area contributed by atoms with Crippen LogP contribution in [0.1, 0.15) is 28.2 Å². The van der Waals surface area contributed by atoms with Crippen LogP contribution >= 0.6 is 11.3 Å². The highest BCUT2D eigenvalue weighted by atomic mass is 32.1. The second kappa shape index (κ2) is 6.75. The van der Waals surface area contributed by atoms with Crippen molar-refractivity contribution >= 4 is 17.0 Å². The molecule has 21 heavy (non-hydrogen) atoms. The van der Waals surface area contributed by atoms with Crippen molar-refractivity contribution in [2.75, 3.05) is 18.4 Å². The largest absolute Gasteiger partial charge is 0.380 e. The number of nitrogens with one attached hydrogen (secondary N) is 1. The minimum atomic E-state index is 0.775. The lowest BCUT2D eigenvalue weighted by atomic mass is 10.1. The Kier molecular flexibility index (Phi) is 4.54. The van der Waals surface area contributed by atoms with Gasteiger partial charge in [0.2, 0.25) is 0 Å². The lowest BCUT2D eigenvalue weighted by Crippen LogP contribution is -2.19. The molecule has 0 saturated carbocycles. The van der Waals surface area contributed by atoms with Crippen LogP contribution in [0, 0.1) is 11.3 Å². The summed E-state index contributed by atoms with van der Waals surface area (Å²) in [5.41, 5.74) is 2.56. The number of hydrogen-bond acceptors (Lipinski definition) is 4. The van der Waals surface area contributed by atoms with Crippen LogP contribution in [0.15, 0.2) is 36.4 Å². The maximum Gasteiger partial charge on any atom is 0.110 e. The van der Waals surface area contributed by atoms with Crippen molar-refractivity contribution in [3.8, 4) is 6.07 Å². The first-order valence-corrected chi connectivity index (χ1v) is 8.20. The van der Waals surface area contributed by atoms with Crippen molar-refractivity contribution in [2.24, 2.45) is 0 Å². The zero-order valence-corrected chi connectivity index (χ0v) is 12.8. The van der Waals surface area contributed by atoms with E-state index in [1.807, 2.05) is 12.1 Å². The third-order valence-corrected chi connectivity index (χ3v) is 4.82. The summed E-state index contributed by atoms with van der Waals surface area (Å²) in [5.74, 6) is 0. The number of nitriles is 1. The predicted molar refractivity (Wildman–Crippen MR) is 87.3 cm³/mol. The third kappa shape index (κ3) is 3.63. The normalized spacial score (nSPS) is 15.0. The van der Waals surface area contributed by atoms with Crippen molar-refractivity contribution in [2.45, 2.75) is 25.9 Å². The molecule has 0 spiro atoms. The minimum Gasteiger partial charge on any atom is -0.380 e. The lowest BCUT2D eigenvalue weighted by molar-refractivity contribution is 0.332. The fourth-order valence-electron chi connectivity index (χ4n) is 2.73. The van der Waals surface area contributed by atoms with E-state index in [9.17, 15) is 0 Å². The first kappa shape index (κ1) is 14.1. The molecule has 2 heterocycles. The Morgan fingerprint density at radius 2 is 1.95 bits per heavy atom. The van der Waals surface area contributed by atoms with Crippen molar-refractivity contribution in [3.05, 3.63) is 51.7 Å². The zero-order valence-electron chi connectivity index (χ0n) is 12.0. The number of para-hydroxylation sites is 1. The zero-order chi connectivity index (χ0) is 14.5. The van der Waals surface area contributed by atoms with Crippen LogP contribution in [0.2, 0.25) is 0 Å². The minimum absolute atomic E-state index is 0.775. The summed E-state index contributed by atoms with van der Waals surface area (Å²) in [5, 5.41) is 12.4. The molecule has 3 rings (SSSR count). The molecule has 2 aromatic rings. The predicted octanol–water partition coefficient (Wildman–Crippen LogP) is 3.83. The molecule has 0 amide bonds. The molecule has 0 radical (unpaired) electrons. The van der Waals surface area contributed by atoms with Crippen LogP contribution in [-0.2, 0) is 13.1 Å². The van der Waals surface area contributed by atoms with Crippen molar-refractivity contribution in [1.29, 1.82) is 5.26 Å². The Morgan fingerprint density at radius 1 is 1.14 bits per heavy atom. The Hall–Kier alpha value is -1.83. The standard InChI is InChI=1S/C17H19N3S/c18-11-15-7-8-16(21-15)12-19-17-6-2-1-5-14(17)13-20-9-3-4-10-20/h1-2,5-8,19H,3-4,9-10,12-13H2. The van der Waals surface area contributed by atoms with Gasteiger partial charge in [0.15, 0.2) is 0 Å². The van der Waals surface area contributed by atoms with Gasteiger partial charge in [-0.15, -0.1) is 11.3 Å². The highest BCUT2D eigenvalue weighted by Gasteiger charge is 2.13. The fourth-order valence-corrected chi connectivity index (χ4v) is 3.47. The highest BCUT2D eigenvalue weighted by molar-refractivity contribution is 7.12. The molecular weight excluding hydrogens is 278 g/mol. The molecule has 0 bridgehead atoms. The van der Waals surface area contributed by atoms with E-state index in [4.69, 9.17) is 5.26 Å². The Bertz CT molecular complexity index is 635. The summed E-state index contributed by atoms with van der Waals surface area (Å²) in [6, 6.07) is 14.6. The number of likely N-dealkylation sites (tertiary alicyclic amines) is 1. The molecule has 1 aliphatic heterocycles. The maximum absolute atomic E-state index is 8.87. The monoisotopic (exact) mass is 297 g/mol. The molecule has 0 unspecified atom stereocenters. The summed E-state index contributed by atoms with van der Waals surface area (Å²) in [6.45, 7) is 4.23. The number of rotatable bonds is 5. The van der Waals surface area contributed by atoms with Crippen LogP contribution in [0.25, 0.3) is 0 Å². The van der Waals surface area contributed by atoms with Crippen molar-refractivity contribution < 1.29 is 0 Å². The number of anilines is 1. The van der Waals surface area contributed by atoms with E-state index in [-0.39, 0.29) is 0 Å². The van der Waals surface area contributed by atoms with Crippen molar-refractivity contribution in [3.63, 3.8) is 0 Å². The van der Waals surface area contributed by atoms with Gasteiger partial charge in [0.05, 0.1) is 0 Å². The van der Waals surface area contributed by atoms with Gasteiger partial charge in [0.25, 0.3) is 0 Å². The molecule has 4 heteroatoms. The average Bonchev–Trinajstić information content (AvgIpc) is 3.17. The summed E-state index contributed by atoms with van der Waals surface area (Å²) >= 11 is 1.56. The number of thiophene rings is 1. The number of nitrogens with zero attached hydrogens (tertiary/aromatic N) is 2. The van der Waals surface area contributed by atoms with Gasteiger partial charge in [0.1, 0.15) is 10.9 Å². The quantitative estimate of drug-likeness (QED) is 0.911. The van der Waals surface area contributed by atoms with Crippen LogP contribution in [0.5, 0.6) is 0 Å². The molecule has 108 valence electrons. The summed E-state index contributed by atoms with van der Waals surface area (Å²) < 4.78 is 0. The van der Waals surface area contributed by atoms with E-state index in [0.29, 0.717) is 0 Å². The molecule has 1 saturated heterocycles. The fraction of sp³-hybridized carbons (Fsp3) is 0.353. The van der Waals surface area contributed by atoms with Crippen molar-refractivity contribution in [1.82, 2.24) is 4.90 Å². The topological polar surface area (TPSA) is 39.1 Å². The molecule has 3 nitrogen and oxygen atoms in total. The van der Waals surface area contributed by atoms with Gasteiger partial charge in [-0.3, -0.25) is 4.90 Å². The van der Waals surface area contributed by atoms with E-state index in [1.54, 1.807) is 11.3 Å². The summed E-state index contributed by atoms with van der Waals surface area (Å²) in [6.07, 6.45) is 2.64. The van der Waals surface area contributed by atoms with Gasteiger partial charge in [-0.2, -0.15) is 5.26 Å². The van der Waals surface area contributed by atoms with E-state index in [1.165, 1.54) is 42.1 Å². The SMILES string of the molecule is N#Cc1ccc(CNc2ccccc2CN2CCCC2)s1. The van der Waals surface area contributed by atoms with E-state index in [2.05, 4.69) is 40.6 Å². The molecule has 0 aliphatic carbocycles. The van der Waals surface area contributed by atoms with Gasteiger partial charge in [-0.25, -0.2) is 0 Å². The van der Waals surface area contributed by atoms with Gasteiger partial charge in [0, 0.05) is 23.7 Å². The van der Waals surface area contributed by atoms with Gasteiger partial charge < -0.3 is 5.32 Å². The molecule has 0 atom stereocenters. The average molecular weight is 297 g/mol. The summed E-state index contributed by atoms with van der Waals surface area (Å²) in [7, 11) is 0. The van der Waals surface area contributed by atoms with Gasteiger partial charge in [-0.1, -0.05) is 18.2 Å². The summed E-state index contributed by atoms with van der Waals surface area (Å²) in [4.78, 5) is 4.49. The second-order valence-corrected chi connectivity index (χ2v) is 6.54. The molecule has 1 N–H and O–H groups in total. The molecule has 1 aliphatic rings. The van der Waals surface area contributed by atoms with Crippen LogP contribution in [0.4, 0.5) is 5.69 Å². The van der Waals surface area contributed by atoms with E-state index >= 15 is 0 Å². The molecule has 1 aromatic heterocycles. The van der Waals surface area contributed by atoms with E-state index in [0.717, 1.165) is 18.0 Å². The molecule has 1 aromatic carbocycles. The Labute approximate surface area is 129 Å². The number of benzene rings is 1. The van der Waals surface area contributed by atoms with Gasteiger partial charge >= 0.3 is 0 Å². The maximum atomic E-state index is 8.87.